The van der Waals surface area contributed by atoms with Crippen molar-refractivity contribution in [2.45, 2.75) is 26.3 Å². The van der Waals surface area contributed by atoms with Gasteiger partial charge in [-0.15, -0.1) is 0 Å². The third-order valence-corrected chi connectivity index (χ3v) is 3.34. The second-order valence-corrected chi connectivity index (χ2v) is 5.14. The molecule has 1 aromatic heterocycles. The summed E-state index contributed by atoms with van der Waals surface area (Å²) in [6, 6.07) is 7.80. The number of rotatable bonds is 5. The molecule has 21 heavy (non-hydrogen) atoms. The first-order valence-electron chi connectivity index (χ1n) is 6.90. The first kappa shape index (κ1) is 13.9. The van der Waals surface area contributed by atoms with Gasteiger partial charge < -0.3 is 14.8 Å². The molecule has 1 aliphatic heterocycles. The molecule has 0 fully saturated rings. The monoisotopic (exact) mass is 305 g/mol. The number of ether oxygens (including phenoxy) is 2. The van der Waals surface area contributed by atoms with Crippen molar-refractivity contribution in [1.29, 1.82) is 0 Å². The van der Waals surface area contributed by atoms with E-state index in [1.54, 1.807) is 0 Å². The molecule has 5 nitrogen and oxygen atoms in total. The second kappa shape index (κ2) is 6.18. The van der Waals surface area contributed by atoms with Gasteiger partial charge in [0.05, 0.1) is 0 Å². The molecular formula is C15H16ClN3O2. The van der Waals surface area contributed by atoms with E-state index in [4.69, 9.17) is 21.1 Å². The zero-order valence-electron chi connectivity index (χ0n) is 11.7. The summed E-state index contributed by atoms with van der Waals surface area (Å²) in [4.78, 5) is 8.39. The Hall–Kier alpha value is -2.01. The maximum atomic E-state index is 5.95. The fourth-order valence-corrected chi connectivity index (χ4v) is 2.38. The van der Waals surface area contributed by atoms with Gasteiger partial charge in [0.25, 0.3) is 0 Å². The minimum absolute atomic E-state index is 0.272. The van der Waals surface area contributed by atoms with E-state index >= 15 is 0 Å². The molecule has 0 saturated heterocycles. The molecule has 6 heteroatoms. The summed E-state index contributed by atoms with van der Waals surface area (Å²) in [6.45, 7) is 3.03. The van der Waals surface area contributed by atoms with Crippen LogP contribution in [0.1, 0.15) is 24.6 Å². The number of aryl methyl sites for hydroxylation is 1. The van der Waals surface area contributed by atoms with E-state index < -0.39 is 0 Å². The van der Waals surface area contributed by atoms with Crippen LogP contribution in [-0.4, -0.2) is 16.8 Å². The second-order valence-electron chi connectivity index (χ2n) is 4.80. The van der Waals surface area contributed by atoms with Crippen LogP contribution in [0.15, 0.2) is 24.3 Å². The molecule has 0 bridgehead atoms. The number of aromatic nitrogens is 2. The highest BCUT2D eigenvalue weighted by atomic mass is 35.5. The minimum Gasteiger partial charge on any atom is -0.454 e. The molecule has 2 aromatic rings. The van der Waals surface area contributed by atoms with Gasteiger partial charge in [0.1, 0.15) is 5.82 Å². The molecule has 0 radical (unpaired) electrons. The smallest absolute Gasteiger partial charge is 0.231 e. The quantitative estimate of drug-likeness (QED) is 0.858. The number of nitrogens with one attached hydrogen (secondary N) is 1. The lowest BCUT2D eigenvalue weighted by Gasteiger charge is -2.08. The topological polar surface area (TPSA) is 56.3 Å². The standard InChI is InChI=1S/C15H16ClN3O2/c1-2-3-11-7-14(19-15(16)18-11)17-8-10-4-5-12-13(6-10)21-9-20-12/h4-7H,2-3,8-9H2,1H3,(H,17,18,19). The molecule has 0 unspecified atom stereocenters. The number of hydrogen-bond acceptors (Lipinski definition) is 5. The van der Waals surface area contributed by atoms with Crippen molar-refractivity contribution >= 4 is 17.4 Å². The summed E-state index contributed by atoms with van der Waals surface area (Å²) in [7, 11) is 0. The van der Waals surface area contributed by atoms with Crippen LogP contribution in [0.2, 0.25) is 5.28 Å². The molecule has 0 saturated carbocycles. The third kappa shape index (κ3) is 3.36. The lowest BCUT2D eigenvalue weighted by molar-refractivity contribution is 0.174. The lowest BCUT2D eigenvalue weighted by atomic mass is 10.2. The summed E-state index contributed by atoms with van der Waals surface area (Å²) in [5, 5.41) is 3.53. The Labute approximate surface area is 128 Å². The normalized spacial score (nSPS) is 12.5. The average Bonchev–Trinajstić information content (AvgIpc) is 2.92. The van der Waals surface area contributed by atoms with Crippen molar-refractivity contribution in [3.63, 3.8) is 0 Å². The van der Waals surface area contributed by atoms with Crippen LogP contribution in [0.25, 0.3) is 0 Å². The number of hydrogen-bond donors (Lipinski definition) is 1. The van der Waals surface area contributed by atoms with E-state index in [1.807, 2.05) is 24.3 Å². The van der Waals surface area contributed by atoms with Crippen LogP contribution in [0.4, 0.5) is 5.82 Å². The van der Waals surface area contributed by atoms with Crippen molar-refractivity contribution in [2.24, 2.45) is 0 Å². The van der Waals surface area contributed by atoms with Crippen LogP contribution in [0, 0.1) is 0 Å². The Morgan fingerprint density at radius 3 is 2.90 bits per heavy atom. The SMILES string of the molecule is CCCc1cc(NCc2ccc3c(c2)OCO3)nc(Cl)n1. The molecular weight excluding hydrogens is 290 g/mol. The molecule has 3 rings (SSSR count). The van der Waals surface area contributed by atoms with E-state index in [1.165, 1.54) is 0 Å². The van der Waals surface area contributed by atoms with Crippen LogP contribution in [-0.2, 0) is 13.0 Å². The molecule has 0 atom stereocenters. The summed E-state index contributed by atoms with van der Waals surface area (Å²) in [6.07, 6.45) is 1.91. The molecule has 1 aliphatic rings. The van der Waals surface area contributed by atoms with Crippen molar-refractivity contribution in [1.82, 2.24) is 9.97 Å². The first-order valence-corrected chi connectivity index (χ1v) is 7.28. The number of nitrogens with zero attached hydrogens (tertiary/aromatic N) is 2. The fourth-order valence-electron chi connectivity index (χ4n) is 2.18. The zero-order chi connectivity index (χ0) is 14.7. The Balaban J connectivity index is 1.69. The predicted molar refractivity (Wildman–Crippen MR) is 80.9 cm³/mol. The van der Waals surface area contributed by atoms with E-state index in [0.29, 0.717) is 6.54 Å². The van der Waals surface area contributed by atoms with Gasteiger partial charge in [0.2, 0.25) is 12.1 Å². The molecule has 1 N–H and O–H groups in total. The van der Waals surface area contributed by atoms with Gasteiger partial charge in [-0.2, -0.15) is 0 Å². The number of anilines is 1. The van der Waals surface area contributed by atoms with Crippen molar-refractivity contribution < 1.29 is 9.47 Å². The summed E-state index contributed by atoms with van der Waals surface area (Å²) in [5.41, 5.74) is 2.04. The van der Waals surface area contributed by atoms with Gasteiger partial charge in [0.15, 0.2) is 11.5 Å². The van der Waals surface area contributed by atoms with Crippen LogP contribution in [0.3, 0.4) is 0 Å². The largest absolute Gasteiger partial charge is 0.454 e. The lowest BCUT2D eigenvalue weighted by Crippen LogP contribution is -2.04. The Kier molecular flexibility index (Phi) is 4.10. The highest BCUT2D eigenvalue weighted by molar-refractivity contribution is 6.28. The van der Waals surface area contributed by atoms with Gasteiger partial charge in [-0.1, -0.05) is 19.4 Å². The summed E-state index contributed by atoms with van der Waals surface area (Å²) >= 11 is 5.95. The Morgan fingerprint density at radius 1 is 1.19 bits per heavy atom. The maximum absolute atomic E-state index is 5.95. The maximum Gasteiger partial charge on any atom is 0.231 e. The van der Waals surface area contributed by atoms with Gasteiger partial charge in [-0.25, -0.2) is 9.97 Å². The van der Waals surface area contributed by atoms with E-state index in [0.717, 1.165) is 41.4 Å². The van der Waals surface area contributed by atoms with E-state index in [-0.39, 0.29) is 12.1 Å². The van der Waals surface area contributed by atoms with Crippen LogP contribution >= 0.6 is 11.6 Å². The molecule has 0 amide bonds. The highest BCUT2D eigenvalue weighted by Crippen LogP contribution is 2.32. The van der Waals surface area contributed by atoms with Gasteiger partial charge in [0, 0.05) is 18.3 Å². The van der Waals surface area contributed by atoms with Crippen LogP contribution in [0.5, 0.6) is 11.5 Å². The van der Waals surface area contributed by atoms with Crippen molar-refractivity contribution in [3.05, 3.63) is 40.8 Å². The minimum atomic E-state index is 0.272. The molecule has 110 valence electrons. The van der Waals surface area contributed by atoms with Crippen molar-refractivity contribution in [3.8, 4) is 11.5 Å². The predicted octanol–water partition coefficient (Wildman–Crippen LogP) is 3.42. The molecule has 0 spiro atoms. The van der Waals surface area contributed by atoms with E-state index in [9.17, 15) is 0 Å². The Bertz CT molecular complexity index is 649. The number of fused-ring (bicyclic) bond motifs is 1. The summed E-state index contributed by atoms with van der Waals surface area (Å²) < 4.78 is 10.7. The first-order chi connectivity index (χ1) is 10.2. The zero-order valence-corrected chi connectivity index (χ0v) is 12.5. The highest BCUT2D eigenvalue weighted by Gasteiger charge is 2.13. The summed E-state index contributed by atoms with van der Waals surface area (Å²) in [5.74, 6) is 2.30. The Morgan fingerprint density at radius 2 is 2.05 bits per heavy atom. The number of halogens is 1. The van der Waals surface area contributed by atoms with Crippen molar-refractivity contribution in [2.75, 3.05) is 12.1 Å². The van der Waals surface area contributed by atoms with Gasteiger partial charge >= 0.3 is 0 Å². The fraction of sp³-hybridized carbons (Fsp3) is 0.333. The molecule has 2 heterocycles. The average molecular weight is 306 g/mol. The third-order valence-electron chi connectivity index (χ3n) is 3.17. The van der Waals surface area contributed by atoms with Gasteiger partial charge in [-0.05, 0) is 35.7 Å². The van der Waals surface area contributed by atoms with E-state index in [2.05, 4.69) is 22.2 Å². The van der Waals surface area contributed by atoms with Crippen LogP contribution < -0.4 is 14.8 Å². The molecule has 1 aromatic carbocycles. The van der Waals surface area contributed by atoms with Gasteiger partial charge in [-0.3, -0.25) is 0 Å². The number of benzene rings is 1. The molecule has 0 aliphatic carbocycles.